The number of anilines is 1. The summed E-state index contributed by atoms with van der Waals surface area (Å²) in [5.41, 5.74) is 2.64. The third kappa shape index (κ3) is 5.56. The molecule has 0 spiro atoms. The van der Waals surface area contributed by atoms with Crippen LogP contribution in [0.3, 0.4) is 0 Å². The maximum atomic E-state index is 12.5. The molecule has 28 heavy (non-hydrogen) atoms. The van der Waals surface area contributed by atoms with Gasteiger partial charge in [-0.15, -0.1) is 0 Å². The Kier molecular flexibility index (Phi) is 8.02. The van der Waals surface area contributed by atoms with E-state index < -0.39 is 0 Å². The number of benzene rings is 1. The van der Waals surface area contributed by atoms with Gasteiger partial charge >= 0.3 is 5.63 Å². The number of fused-ring (bicyclic) bond motifs is 1. The molecule has 7 nitrogen and oxygen atoms in total. The SMILES string of the molecule is CCN(CC)c1ccc2c(C)c(CCC(=O)NCCCN(C)O)c(=O)oc2c1. The van der Waals surface area contributed by atoms with Crippen LogP contribution in [0.15, 0.2) is 27.4 Å². The van der Waals surface area contributed by atoms with Crippen molar-refractivity contribution >= 4 is 22.6 Å². The molecule has 0 bridgehead atoms. The fourth-order valence-electron chi connectivity index (χ4n) is 3.32. The Bertz CT molecular complexity index is 857. The highest BCUT2D eigenvalue weighted by Gasteiger charge is 2.14. The number of rotatable bonds is 10. The van der Waals surface area contributed by atoms with Crippen LogP contribution in [0.5, 0.6) is 0 Å². The largest absolute Gasteiger partial charge is 0.422 e. The van der Waals surface area contributed by atoms with Gasteiger partial charge in [0.2, 0.25) is 5.91 Å². The smallest absolute Gasteiger partial charge is 0.339 e. The van der Waals surface area contributed by atoms with Crippen LogP contribution in [0.2, 0.25) is 0 Å². The van der Waals surface area contributed by atoms with Gasteiger partial charge in [0.25, 0.3) is 0 Å². The van der Waals surface area contributed by atoms with Gasteiger partial charge in [-0.05, 0) is 51.3 Å². The second-order valence-corrected chi connectivity index (χ2v) is 6.93. The molecule has 0 radical (unpaired) electrons. The van der Waals surface area contributed by atoms with E-state index >= 15 is 0 Å². The number of nitrogens with one attached hydrogen (secondary N) is 1. The van der Waals surface area contributed by atoms with Crippen molar-refractivity contribution < 1.29 is 14.4 Å². The van der Waals surface area contributed by atoms with Crippen LogP contribution in [0.25, 0.3) is 11.0 Å². The van der Waals surface area contributed by atoms with Crippen LogP contribution >= 0.6 is 0 Å². The molecule has 0 saturated heterocycles. The number of hydrogen-bond acceptors (Lipinski definition) is 6. The summed E-state index contributed by atoms with van der Waals surface area (Å²) in [7, 11) is 1.56. The van der Waals surface area contributed by atoms with Gasteiger partial charge in [0.05, 0.1) is 0 Å². The first kappa shape index (κ1) is 21.9. The summed E-state index contributed by atoms with van der Waals surface area (Å²) in [6, 6.07) is 5.93. The molecule has 0 aliphatic heterocycles. The van der Waals surface area contributed by atoms with Crippen molar-refractivity contribution in [2.45, 2.75) is 40.0 Å². The average Bonchev–Trinajstić information content (AvgIpc) is 2.65. The predicted molar refractivity (Wildman–Crippen MR) is 111 cm³/mol. The monoisotopic (exact) mass is 389 g/mol. The Labute approximate surface area is 165 Å². The maximum Gasteiger partial charge on any atom is 0.339 e. The highest BCUT2D eigenvalue weighted by molar-refractivity contribution is 5.84. The van der Waals surface area contributed by atoms with Crippen molar-refractivity contribution in [2.75, 3.05) is 38.1 Å². The lowest BCUT2D eigenvalue weighted by Gasteiger charge is -2.21. The minimum atomic E-state index is -0.378. The van der Waals surface area contributed by atoms with Crippen molar-refractivity contribution in [1.29, 1.82) is 0 Å². The predicted octanol–water partition coefficient (Wildman–Crippen LogP) is 2.71. The lowest BCUT2D eigenvalue weighted by molar-refractivity contribution is -0.121. The Morgan fingerprint density at radius 3 is 2.61 bits per heavy atom. The van der Waals surface area contributed by atoms with E-state index in [1.165, 1.54) is 0 Å². The van der Waals surface area contributed by atoms with Crippen LogP contribution in [-0.2, 0) is 11.2 Å². The van der Waals surface area contributed by atoms with Crippen molar-refractivity contribution in [3.8, 4) is 0 Å². The van der Waals surface area contributed by atoms with Crippen molar-refractivity contribution in [1.82, 2.24) is 10.4 Å². The van der Waals surface area contributed by atoms with Crippen LogP contribution in [0.1, 0.15) is 37.8 Å². The third-order valence-electron chi connectivity index (χ3n) is 4.98. The maximum absolute atomic E-state index is 12.5. The van der Waals surface area contributed by atoms with Gasteiger partial charge in [0, 0.05) is 62.4 Å². The molecule has 0 aliphatic rings. The Morgan fingerprint density at radius 2 is 1.96 bits per heavy atom. The second-order valence-electron chi connectivity index (χ2n) is 6.93. The highest BCUT2D eigenvalue weighted by Crippen LogP contribution is 2.25. The molecule has 1 heterocycles. The molecular weight excluding hydrogens is 358 g/mol. The van der Waals surface area contributed by atoms with E-state index in [-0.39, 0.29) is 18.0 Å². The summed E-state index contributed by atoms with van der Waals surface area (Å²) in [6.07, 6.45) is 1.22. The lowest BCUT2D eigenvalue weighted by atomic mass is 10.0. The molecule has 0 fully saturated rings. The summed E-state index contributed by atoms with van der Waals surface area (Å²) in [5, 5.41) is 13.9. The summed E-state index contributed by atoms with van der Waals surface area (Å²) < 4.78 is 5.56. The Morgan fingerprint density at radius 1 is 1.25 bits per heavy atom. The zero-order chi connectivity index (χ0) is 20.7. The van der Waals surface area contributed by atoms with Gasteiger partial charge in [-0.2, -0.15) is 5.06 Å². The summed E-state index contributed by atoms with van der Waals surface area (Å²) in [5.74, 6) is -0.114. The van der Waals surface area contributed by atoms with Crippen molar-refractivity contribution in [2.24, 2.45) is 0 Å². The fourth-order valence-corrected chi connectivity index (χ4v) is 3.32. The summed E-state index contributed by atoms with van der Waals surface area (Å²) in [4.78, 5) is 26.7. The molecule has 2 N–H and O–H groups in total. The first-order valence-corrected chi connectivity index (χ1v) is 9.85. The number of hydroxylamine groups is 2. The summed E-state index contributed by atoms with van der Waals surface area (Å²) >= 11 is 0. The molecular formula is C21H31N3O4. The number of carbonyl (C=O) groups is 1. The summed E-state index contributed by atoms with van der Waals surface area (Å²) in [6.45, 7) is 8.82. The number of amides is 1. The topological polar surface area (TPSA) is 86.0 Å². The quantitative estimate of drug-likeness (QED) is 0.369. The van der Waals surface area contributed by atoms with Crippen molar-refractivity contribution in [3.05, 3.63) is 39.7 Å². The van der Waals surface area contributed by atoms with E-state index in [0.29, 0.717) is 37.1 Å². The zero-order valence-corrected chi connectivity index (χ0v) is 17.2. The molecule has 1 aromatic carbocycles. The van der Waals surface area contributed by atoms with Gasteiger partial charge in [-0.25, -0.2) is 4.79 Å². The molecule has 0 unspecified atom stereocenters. The molecule has 7 heteroatoms. The van der Waals surface area contributed by atoms with Gasteiger partial charge < -0.3 is 19.8 Å². The molecule has 0 aliphatic carbocycles. The van der Waals surface area contributed by atoms with Gasteiger partial charge in [-0.3, -0.25) is 4.79 Å². The van der Waals surface area contributed by atoms with E-state index in [2.05, 4.69) is 24.1 Å². The number of hydrogen-bond donors (Lipinski definition) is 2. The number of nitrogens with zero attached hydrogens (tertiary/aromatic N) is 2. The first-order valence-electron chi connectivity index (χ1n) is 9.85. The Hall–Kier alpha value is -2.38. The average molecular weight is 389 g/mol. The van der Waals surface area contributed by atoms with E-state index in [0.717, 1.165) is 34.8 Å². The molecule has 0 saturated carbocycles. The molecule has 1 aromatic heterocycles. The lowest BCUT2D eigenvalue weighted by Crippen LogP contribution is -2.28. The van der Waals surface area contributed by atoms with E-state index in [1.54, 1.807) is 7.05 Å². The first-order chi connectivity index (χ1) is 13.4. The second kappa shape index (κ2) is 10.2. The molecule has 154 valence electrons. The minimum absolute atomic E-state index is 0.114. The van der Waals surface area contributed by atoms with Gasteiger partial charge in [0.1, 0.15) is 5.58 Å². The van der Waals surface area contributed by atoms with E-state index in [4.69, 9.17) is 9.62 Å². The van der Waals surface area contributed by atoms with Crippen LogP contribution in [0.4, 0.5) is 5.69 Å². The zero-order valence-electron chi connectivity index (χ0n) is 17.2. The molecule has 1 amide bonds. The minimum Gasteiger partial charge on any atom is -0.422 e. The van der Waals surface area contributed by atoms with E-state index in [1.807, 2.05) is 25.1 Å². The van der Waals surface area contributed by atoms with Gasteiger partial charge in [0.15, 0.2) is 0 Å². The highest BCUT2D eigenvalue weighted by atomic mass is 16.5. The van der Waals surface area contributed by atoms with Crippen LogP contribution in [-0.4, -0.2) is 49.4 Å². The number of carbonyl (C=O) groups excluding carboxylic acids is 1. The van der Waals surface area contributed by atoms with E-state index in [9.17, 15) is 9.59 Å². The van der Waals surface area contributed by atoms with Gasteiger partial charge in [-0.1, -0.05) is 0 Å². The number of aryl methyl sites for hydroxylation is 1. The molecule has 0 atom stereocenters. The van der Waals surface area contributed by atoms with Crippen LogP contribution < -0.4 is 15.8 Å². The van der Waals surface area contributed by atoms with Crippen LogP contribution in [0, 0.1) is 6.92 Å². The Balaban J connectivity index is 2.10. The third-order valence-corrected chi connectivity index (χ3v) is 4.98. The van der Waals surface area contributed by atoms with Crippen molar-refractivity contribution in [3.63, 3.8) is 0 Å². The molecule has 2 rings (SSSR count). The fraction of sp³-hybridized carbons (Fsp3) is 0.524. The normalized spacial score (nSPS) is 11.2. The molecule has 2 aromatic rings. The standard InChI is InChI=1S/C21H31N3O4/c1-5-24(6-2)16-8-9-17-15(3)18(21(26)28-19(17)14-16)10-11-20(25)22-12-7-13-23(4)27/h8-9,14,27H,5-7,10-13H2,1-4H3,(H,22,25).